The summed E-state index contributed by atoms with van der Waals surface area (Å²) in [5.41, 5.74) is 3.62. The van der Waals surface area contributed by atoms with Crippen molar-refractivity contribution in [3.05, 3.63) is 83.9 Å². The molecule has 0 saturated carbocycles. The van der Waals surface area contributed by atoms with E-state index in [-0.39, 0.29) is 5.91 Å². The van der Waals surface area contributed by atoms with Crippen LogP contribution < -0.4 is 9.47 Å². The second-order valence-corrected chi connectivity index (χ2v) is 10.2. The predicted molar refractivity (Wildman–Crippen MR) is 154 cm³/mol. The van der Waals surface area contributed by atoms with Crippen molar-refractivity contribution >= 4 is 17.7 Å². The fourth-order valence-electron chi connectivity index (χ4n) is 4.67. The molecular weight excluding hydrogens is 510 g/mol. The van der Waals surface area contributed by atoms with Gasteiger partial charge in [-0.2, -0.15) is 0 Å². The molecule has 1 aliphatic heterocycles. The predicted octanol–water partition coefficient (Wildman–Crippen LogP) is 5.02. The van der Waals surface area contributed by atoms with Crippen LogP contribution in [0.1, 0.15) is 22.8 Å². The maximum absolute atomic E-state index is 13.2. The SMILES string of the molecule is CCN1CCN(C(=O)c2cccc(CSc3nnc(-c4cccc(OC)c4)n3-c3ccc(OC)cc3)c2)CC1. The zero-order valence-corrected chi connectivity index (χ0v) is 23.4. The Hall–Kier alpha value is -3.82. The molecule has 202 valence electrons. The summed E-state index contributed by atoms with van der Waals surface area (Å²) in [6.45, 7) is 6.57. The lowest BCUT2D eigenvalue weighted by atomic mass is 10.1. The highest BCUT2D eigenvalue weighted by Crippen LogP contribution is 2.32. The summed E-state index contributed by atoms with van der Waals surface area (Å²) in [6, 6.07) is 23.6. The van der Waals surface area contributed by atoms with Crippen molar-refractivity contribution in [2.24, 2.45) is 0 Å². The number of rotatable bonds is 9. The van der Waals surface area contributed by atoms with Gasteiger partial charge in [-0.15, -0.1) is 10.2 Å². The van der Waals surface area contributed by atoms with Crippen LogP contribution >= 0.6 is 11.8 Å². The summed E-state index contributed by atoms with van der Waals surface area (Å²) in [6.07, 6.45) is 0. The lowest BCUT2D eigenvalue weighted by Crippen LogP contribution is -2.48. The Labute approximate surface area is 233 Å². The maximum atomic E-state index is 13.2. The van der Waals surface area contributed by atoms with E-state index in [1.165, 1.54) is 0 Å². The van der Waals surface area contributed by atoms with E-state index < -0.39 is 0 Å². The molecule has 1 fully saturated rings. The first-order valence-corrected chi connectivity index (χ1v) is 14.1. The summed E-state index contributed by atoms with van der Waals surface area (Å²) in [5.74, 6) is 3.00. The monoisotopic (exact) mass is 543 g/mol. The van der Waals surface area contributed by atoms with Gasteiger partial charge in [-0.3, -0.25) is 9.36 Å². The molecule has 4 aromatic rings. The zero-order chi connectivity index (χ0) is 27.2. The summed E-state index contributed by atoms with van der Waals surface area (Å²) >= 11 is 1.58. The lowest BCUT2D eigenvalue weighted by Gasteiger charge is -2.34. The van der Waals surface area contributed by atoms with E-state index in [1.807, 2.05) is 76.2 Å². The van der Waals surface area contributed by atoms with E-state index in [0.717, 1.165) is 77.6 Å². The van der Waals surface area contributed by atoms with Crippen LogP contribution in [0.4, 0.5) is 0 Å². The van der Waals surface area contributed by atoms with Crippen LogP contribution in [0.15, 0.2) is 78.0 Å². The lowest BCUT2D eigenvalue weighted by molar-refractivity contribution is 0.0643. The van der Waals surface area contributed by atoms with Gasteiger partial charge >= 0.3 is 0 Å². The van der Waals surface area contributed by atoms with Crippen molar-refractivity contribution < 1.29 is 14.3 Å². The average Bonchev–Trinajstić information content (AvgIpc) is 3.44. The normalized spacial score (nSPS) is 13.9. The molecule has 0 radical (unpaired) electrons. The summed E-state index contributed by atoms with van der Waals surface area (Å²) in [7, 11) is 3.30. The van der Waals surface area contributed by atoms with Gasteiger partial charge in [-0.25, -0.2) is 0 Å². The van der Waals surface area contributed by atoms with Crippen LogP contribution in [0.3, 0.4) is 0 Å². The van der Waals surface area contributed by atoms with Gasteiger partial charge in [0.2, 0.25) is 0 Å². The molecule has 8 nitrogen and oxygen atoms in total. The molecule has 1 aliphatic rings. The van der Waals surface area contributed by atoms with Crippen molar-refractivity contribution in [2.75, 3.05) is 46.9 Å². The third kappa shape index (κ3) is 6.10. The first-order valence-electron chi connectivity index (χ1n) is 13.1. The first kappa shape index (κ1) is 26.8. The van der Waals surface area contributed by atoms with Gasteiger partial charge in [-0.05, 0) is 60.6 Å². The second kappa shape index (κ2) is 12.4. The summed E-state index contributed by atoms with van der Waals surface area (Å²) < 4.78 is 12.8. The maximum Gasteiger partial charge on any atom is 0.253 e. The highest BCUT2D eigenvalue weighted by molar-refractivity contribution is 7.98. The van der Waals surface area contributed by atoms with Crippen molar-refractivity contribution in [1.29, 1.82) is 0 Å². The number of carbonyl (C=O) groups is 1. The second-order valence-electron chi connectivity index (χ2n) is 9.29. The van der Waals surface area contributed by atoms with E-state index in [0.29, 0.717) is 5.75 Å². The number of hydrogen-bond donors (Lipinski definition) is 0. The summed E-state index contributed by atoms with van der Waals surface area (Å²) in [5, 5.41) is 9.86. The third-order valence-corrected chi connectivity index (χ3v) is 7.94. The first-order chi connectivity index (χ1) is 19.1. The minimum absolute atomic E-state index is 0.0966. The van der Waals surface area contributed by atoms with Crippen molar-refractivity contribution in [2.45, 2.75) is 17.8 Å². The fourth-order valence-corrected chi connectivity index (χ4v) is 5.56. The van der Waals surface area contributed by atoms with E-state index in [1.54, 1.807) is 26.0 Å². The van der Waals surface area contributed by atoms with Crippen molar-refractivity contribution in [1.82, 2.24) is 24.6 Å². The van der Waals surface area contributed by atoms with Gasteiger partial charge in [0, 0.05) is 48.7 Å². The Morgan fingerprint density at radius 3 is 2.33 bits per heavy atom. The Balaban J connectivity index is 1.39. The third-order valence-electron chi connectivity index (χ3n) is 6.94. The van der Waals surface area contributed by atoms with E-state index in [2.05, 4.69) is 28.1 Å². The van der Waals surface area contributed by atoms with Crippen LogP contribution in [0, 0.1) is 0 Å². The number of amides is 1. The standard InChI is InChI=1S/C30H33N5O3S/c1-4-33-15-17-34(18-16-33)29(36)24-9-5-7-22(19-24)21-39-30-32-31-28(23-8-6-10-27(20-23)38-3)35(30)25-11-13-26(37-2)14-12-25/h5-14,19-20H,4,15-18,21H2,1-3H3. The number of methoxy groups -OCH3 is 2. The topological polar surface area (TPSA) is 72.7 Å². The number of nitrogens with zero attached hydrogens (tertiary/aromatic N) is 5. The van der Waals surface area contributed by atoms with Gasteiger partial charge in [-0.1, -0.05) is 43.0 Å². The molecular formula is C30H33N5O3S. The van der Waals surface area contributed by atoms with Crippen LogP contribution in [0.5, 0.6) is 11.5 Å². The molecule has 0 unspecified atom stereocenters. The fraction of sp³-hybridized carbons (Fsp3) is 0.300. The molecule has 1 aromatic heterocycles. The number of thioether (sulfide) groups is 1. The molecule has 1 amide bonds. The Kier molecular flexibility index (Phi) is 8.48. The molecule has 9 heteroatoms. The number of ether oxygens (including phenoxy) is 2. The molecule has 0 spiro atoms. The number of carbonyl (C=O) groups excluding carboxylic acids is 1. The number of piperazine rings is 1. The van der Waals surface area contributed by atoms with Crippen LogP contribution in [-0.4, -0.2) is 77.4 Å². The molecule has 2 heterocycles. The Morgan fingerprint density at radius 2 is 1.62 bits per heavy atom. The number of likely N-dealkylation sites (N-methyl/N-ethyl adjacent to an activating group) is 1. The molecule has 0 bridgehead atoms. The number of aromatic nitrogens is 3. The van der Waals surface area contributed by atoms with Crippen molar-refractivity contribution in [3.8, 4) is 28.6 Å². The largest absolute Gasteiger partial charge is 0.497 e. The minimum Gasteiger partial charge on any atom is -0.497 e. The van der Waals surface area contributed by atoms with E-state index in [4.69, 9.17) is 9.47 Å². The molecule has 3 aromatic carbocycles. The van der Waals surface area contributed by atoms with E-state index >= 15 is 0 Å². The Bertz CT molecular complexity index is 1410. The highest BCUT2D eigenvalue weighted by atomic mass is 32.2. The van der Waals surface area contributed by atoms with Gasteiger partial charge in [0.1, 0.15) is 11.5 Å². The van der Waals surface area contributed by atoms with Crippen LogP contribution in [-0.2, 0) is 5.75 Å². The van der Waals surface area contributed by atoms with Gasteiger partial charge < -0.3 is 19.3 Å². The molecule has 0 atom stereocenters. The molecule has 1 saturated heterocycles. The molecule has 5 rings (SSSR count). The Morgan fingerprint density at radius 1 is 0.872 bits per heavy atom. The minimum atomic E-state index is 0.0966. The van der Waals surface area contributed by atoms with Gasteiger partial charge in [0.25, 0.3) is 5.91 Å². The van der Waals surface area contributed by atoms with E-state index in [9.17, 15) is 4.79 Å². The number of benzene rings is 3. The quantitative estimate of drug-likeness (QED) is 0.275. The summed E-state index contributed by atoms with van der Waals surface area (Å²) in [4.78, 5) is 17.5. The smallest absolute Gasteiger partial charge is 0.253 e. The molecule has 39 heavy (non-hydrogen) atoms. The van der Waals surface area contributed by atoms with Crippen LogP contribution in [0.2, 0.25) is 0 Å². The van der Waals surface area contributed by atoms with Gasteiger partial charge in [0.05, 0.1) is 14.2 Å². The zero-order valence-electron chi connectivity index (χ0n) is 22.5. The highest BCUT2D eigenvalue weighted by Gasteiger charge is 2.22. The average molecular weight is 544 g/mol. The number of hydrogen-bond acceptors (Lipinski definition) is 7. The molecule has 0 N–H and O–H groups in total. The molecule has 0 aliphatic carbocycles. The van der Waals surface area contributed by atoms with Gasteiger partial charge in [0.15, 0.2) is 11.0 Å². The van der Waals surface area contributed by atoms with Crippen LogP contribution in [0.25, 0.3) is 17.1 Å². The van der Waals surface area contributed by atoms with Crippen molar-refractivity contribution in [3.63, 3.8) is 0 Å².